The third-order valence-electron chi connectivity index (χ3n) is 4.35. The maximum Gasteiger partial charge on any atom is 0.150 e. The molecule has 0 radical (unpaired) electrons. The van der Waals surface area contributed by atoms with E-state index in [9.17, 15) is 4.79 Å². The van der Waals surface area contributed by atoms with Crippen LogP contribution in [0.3, 0.4) is 0 Å². The lowest BCUT2D eigenvalue weighted by Gasteiger charge is -2.24. The number of carbonyl (C=O) groups is 1. The Hall–Kier alpha value is -1.90. The fourth-order valence-corrected chi connectivity index (χ4v) is 2.88. The van der Waals surface area contributed by atoms with Gasteiger partial charge in [0.15, 0.2) is 6.29 Å². The predicted molar refractivity (Wildman–Crippen MR) is 79.9 cm³/mol. The monoisotopic (exact) mass is 268 g/mol. The van der Waals surface area contributed by atoms with Gasteiger partial charge in [0.25, 0.3) is 0 Å². The van der Waals surface area contributed by atoms with E-state index in [1.165, 1.54) is 19.3 Å². The molecule has 1 fully saturated rings. The Morgan fingerprint density at radius 1 is 1.25 bits per heavy atom. The van der Waals surface area contributed by atoms with Crippen molar-refractivity contribution >= 4 is 6.29 Å². The molecule has 1 aliphatic carbocycles. The minimum absolute atomic E-state index is 0.801. The molecule has 0 spiro atoms. The summed E-state index contributed by atoms with van der Waals surface area (Å²) in [5.74, 6) is 0.809. The summed E-state index contributed by atoms with van der Waals surface area (Å²) in [6.45, 7) is 5.00. The smallest absolute Gasteiger partial charge is 0.150 e. The normalized spacial score (nSPS) is 15.1. The van der Waals surface area contributed by atoms with Crippen molar-refractivity contribution < 1.29 is 4.79 Å². The molecular weight excluding hydrogens is 248 g/mol. The van der Waals surface area contributed by atoms with Gasteiger partial charge in [-0.1, -0.05) is 18.6 Å². The molecule has 3 heteroatoms. The number of aromatic nitrogens is 2. The fraction of sp³-hybridized carbons (Fsp3) is 0.412. The van der Waals surface area contributed by atoms with Crippen LogP contribution in [0.1, 0.15) is 40.7 Å². The van der Waals surface area contributed by atoms with Crippen molar-refractivity contribution in [3.05, 3.63) is 41.2 Å². The van der Waals surface area contributed by atoms with Crippen LogP contribution in [0.2, 0.25) is 0 Å². The standard InChI is InChI=1S/C17H20N2O/c1-12-6-15(7-13(2)17(12)11-20)16-8-18-19(10-16)9-14-4-3-5-14/h6-8,10-11,14H,3-5,9H2,1-2H3. The van der Waals surface area contributed by atoms with Gasteiger partial charge in [0, 0.05) is 23.9 Å². The summed E-state index contributed by atoms with van der Waals surface area (Å²) < 4.78 is 2.05. The van der Waals surface area contributed by atoms with E-state index in [-0.39, 0.29) is 0 Å². The number of aryl methyl sites for hydroxylation is 2. The number of carbonyl (C=O) groups excluding carboxylic acids is 1. The minimum Gasteiger partial charge on any atom is -0.298 e. The minimum atomic E-state index is 0.801. The number of hydrogen-bond donors (Lipinski definition) is 0. The van der Waals surface area contributed by atoms with Crippen molar-refractivity contribution in [2.24, 2.45) is 5.92 Å². The second-order valence-corrected chi connectivity index (χ2v) is 5.89. The van der Waals surface area contributed by atoms with Crippen molar-refractivity contribution in [1.82, 2.24) is 9.78 Å². The quantitative estimate of drug-likeness (QED) is 0.791. The van der Waals surface area contributed by atoms with Gasteiger partial charge in [0.05, 0.1) is 6.20 Å². The maximum absolute atomic E-state index is 11.0. The highest BCUT2D eigenvalue weighted by Crippen LogP contribution is 2.29. The van der Waals surface area contributed by atoms with Gasteiger partial charge >= 0.3 is 0 Å². The van der Waals surface area contributed by atoms with E-state index in [1.807, 2.05) is 20.0 Å². The van der Waals surface area contributed by atoms with Crippen LogP contribution in [0.15, 0.2) is 24.5 Å². The van der Waals surface area contributed by atoms with Gasteiger partial charge in [-0.05, 0) is 49.3 Å². The van der Waals surface area contributed by atoms with E-state index < -0.39 is 0 Å². The van der Waals surface area contributed by atoms with E-state index >= 15 is 0 Å². The SMILES string of the molecule is Cc1cc(-c2cnn(CC3CCC3)c2)cc(C)c1C=O. The van der Waals surface area contributed by atoms with E-state index in [1.54, 1.807) is 0 Å². The third-order valence-corrected chi connectivity index (χ3v) is 4.35. The molecule has 20 heavy (non-hydrogen) atoms. The molecule has 0 saturated heterocycles. The van der Waals surface area contributed by atoms with Crippen LogP contribution in [0.4, 0.5) is 0 Å². The molecule has 0 unspecified atom stereocenters. The van der Waals surface area contributed by atoms with Crippen LogP contribution >= 0.6 is 0 Å². The molecule has 0 amide bonds. The Morgan fingerprint density at radius 3 is 2.50 bits per heavy atom. The zero-order chi connectivity index (χ0) is 14.1. The second-order valence-electron chi connectivity index (χ2n) is 5.89. The zero-order valence-corrected chi connectivity index (χ0v) is 12.1. The Balaban J connectivity index is 1.87. The molecule has 3 rings (SSSR count). The molecule has 0 N–H and O–H groups in total. The number of nitrogens with zero attached hydrogens (tertiary/aromatic N) is 2. The summed E-state index contributed by atoms with van der Waals surface area (Å²) in [4.78, 5) is 11.0. The van der Waals surface area contributed by atoms with Crippen molar-refractivity contribution in [2.45, 2.75) is 39.7 Å². The fourth-order valence-electron chi connectivity index (χ4n) is 2.88. The van der Waals surface area contributed by atoms with Crippen LogP contribution < -0.4 is 0 Å². The average Bonchev–Trinajstić information content (AvgIpc) is 2.82. The van der Waals surface area contributed by atoms with Crippen LogP contribution in [0.25, 0.3) is 11.1 Å². The molecule has 1 saturated carbocycles. The van der Waals surface area contributed by atoms with Crippen LogP contribution in [0, 0.1) is 19.8 Å². The summed E-state index contributed by atoms with van der Waals surface area (Å²) >= 11 is 0. The van der Waals surface area contributed by atoms with Crippen LogP contribution in [-0.4, -0.2) is 16.1 Å². The first kappa shape index (κ1) is 13.1. The Kier molecular flexibility index (Phi) is 3.43. The first-order chi connectivity index (χ1) is 9.67. The molecule has 1 aromatic heterocycles. The van der Waals surface area contributed by atoms with E-state index in [2.05, 4.69) is 28.1 Å². The van der Waals surface area contributed by atoms with Gasteiger partial charge < -0.3 is 0 Å². The lowest BCUT2D eigenvalue weighted by atomic mass is 9.85. The van der Waals surface area contributed by atoms with E-state index in [0.29, 0.717) is 0 Å². The maximum atomic E-state index is 11.0. The molecule has 104 valence electrons. The highest BCUT2D eigenvalue weighted by atomic mass is 16.1. The van der Waals surface area contributed by atoms with Crippen molar-refractivity contribution in [3.8, 4) is 11.1 Å². The number of hydrogen-bond acceptors (Lipinski definition) is 2. The van der Waals surface area contributed by atoms with Gasteiger partial charge in [-0.25, -0.2) is 0 Å². The number of benzene rings is 1. The van der Waals surface area contributed by atoms with Gasteiger partial charge in [0.2, 0.25) is 0 Å². The van der Waals surface area contributed by atoms with Gasteiger partial charge in [-0.2, -0.15) is 5.10 Å². The first-order valence-electron chi connectivity index (χ1n) is 7.26. The van der Waals surface area contributed by atoms with Gasteiger partial charge in [0.1, 0.15) is 0 Å². The first-order valence-corrected chi connectivity index (χ1v) is 7.26. The topological polar surface area (TPSA) is 34.9 Å². The average molecular weight is 268 g/mol. The van der Waals surface area contributed by atoms with Crippen LogP contribution in [0.5, 0.6) is 0 Å². The second kappa shape index (κ2) is 5.23. The third kappa shape index (κ3) is 2.40. The molecule has 3 nitrogen and oxygen atoms in total. The van der Waals surface area contributed by atoms with Gasteiger partial charge in [-0.3, -0.25) is 9.48 Å². The molecule has 1 aromatic carbocycles. The van der Waals surface area contributed by atoms with Crippen molar-refractivity contribution in [2.75, 3.05) is 0 Å². The number of aldehydes is 1. The highest BCUT2D eigenvalue weighted by molar-refractivity contribution is 5.82. The van der Waals surface area contributed by atoms with Crippen molar-refractivity contribution in [3.63, 3.8) is 0 Å². The molecule has 1 heterocycles. The molecule has 0 aliphatic heterocycles. The molecule has 0 bridgehead atoms. The Labute approximate surface area is 119 Å². The molecular formula is C17H20N2O. The van der Waals surface area contributed by atoms with Crippen molar-refractivity contribution in [1.29, 1.82) is 0 Å². The van der Waals surface area contributed by atoms with Gasteiger partial charge in [-0.15, -0.1) is 0 Å². The van der Waals surface area contributed by atoms with E-state index in [0.717, 1.165) is 46.6 Å². The molecule has 1 aliphatic rings. The summed E-state index contributed by atoms with van der Waals surface area (Å²) in [7, 11) is 0. The summed E-state index contributed by atoms with van der Waals surface area (Å²) in [6, 6.07) is 4.14. The van der Waals surface area contributed by atoms with E-state index in [4.69, 9.17) is 0 Å². The highest BCUT2D eigenvalue weighted by Gasteiger charge is 2.18. The lowest BCUT2D eigenvalue weighted by molar-refractivity contribution is 0.112. The lowest BCUT2D eigenvalue weighted by Crippen LogP contribution is -2.18. The Bertz CT molecular complexity index is 615. The Morgan fingerprint density at radius 2 is 1.95 bits per heavy atom. The predicted octanol–water partition coefficient (Wildman–Crippen LogP) is 3.78. The zero-order valence-electron chi connectivity index (χ0n) is 12.1. The molecule has 2 aromatic rings. The summed E-state index contributed by atoms with van der Waals surface area (Å²) in [6.07, 6.45) is 9.02. The molecule has 0 atom stereocenters. The summed E-state index contributed by atoms with van der Waals surface area (Å²) in [5, 5.41) is 4.46. The summed E-state index contributed by atoms with van der Waals surface area (Å²) in [5.41, 5.74) is 5.14. The van der Waals surface area contributed by atoms with Crippen LogP contribution in [-0.2, 0) is 6.54 Å². The number of rotatable bonds is 4. The largest absolute Gasteiger partial charge is 0.298 e.